The van der Waals surface area contributed by atoms with Gasteiger partial charge in [-0.25, -0.2) is 15.0 Å². The summed E-state index contributed by atoms with van der Waals surface area (Å²) in [6.45, 7) is 0.315. The van der Waals surface area contributed by atoms with Crippen molar-refractivity contribution >= 4 is 28.3 Å². The summed E-state index contributed by atoms with van der Waals surface area (Å²) in [5.74, 6) is 0.593. The Morgan fingerprint density at radius 3 is 2.85 bits per heavy atom. The normalized spacial score (nSPS) is 25.8. The molecule has 138 valence electrons. The summed E-state index contributed by atoms with van der Waals surface area (Å²) in [6.07, 6.45) is -0.316. The molecule has 1 aliphatic rings. The van der Waals surface area contributed by atoms with E-state index in [4.69, 9.17) is 4.74 Å². The zero-order chi connectivity index (χ0) is 18.1. The van der Waals surface area contributed by atoms with E-state index in [-0.39, 0.29) is 6.61 Å². The Balaban J connectivity index is 1.55. The van der Waals surface area contributed by atoms with Crippen LogP contribution < -0.4 is 5.32 Å². The van der Waals surface area contributed by atoms with Gasteiger partial charge in [0.2, 0.25) is 0 Å². The maximum absolute atomic E-state index is 10.2. The van der Waals surface area contributed by atoms with E-state index in [1.807, 2.05) is 5.38 Å². The Hall–Kier alpha value is -2.11. The van der Waals surface area contributed by atoms with E-state index in [2.05, 4.69) is 31.7 Å². The average molecular weight is 377 g/mol. The van der Waals surface area contributed by atoms with Crippen LogP contribution in [0, 0.1) is 0 Å². The van der Waals surface area contributed by atoms with Crippen molar-refractivity contribution in [1.82, 2.24) is 19.5 Å². The van der Waals surface area contributed by atoms with E-state index in [9.17, 15) is 15.3 Å². The highest BCUT2D eigenvalue weighted by molar-refractivity contribution is 7.07. The highest BCUT2D eigenvalue weighted by Gasteiger charge is 2.44. The molecule has 1 aliphatic heterocycles. The van der Waals surface area contributed by atoms with Crippen molar-refractivity contribution < 1.29 is 20.1 Å². The Kier molecular flexibility index (Phi) is 4.83. The van der Waals surface area contributed by atoms with Gasteiger partial charge in [0.15, 0.2) is 23.2 Å². The van der Waals surface area contributed by atoms with E-state index >= 15 is 0 Å². The second-order valence-electron chi connectivity index (χ2n) is 6.08. The molecule has 0 radical (unpaired) electrons. The number of imidazole rings is 1. The molecule has 3 aromatic rings. The second kappa shape index (κ2) is 7.25. The van der Waals surface area contributed by atoms with Crippen molar-refractivity contribution in [2.75, 3.05) is 18.5 Å². The van der Waals surface area contributed by atoms with Gasteiger partial charge in [-0.05, 0) is 28.8 Å². The van der Waals surface area contributed by atoms with Gasteiger partial charge < -0.3 is 25.4 Å². The molecule has 1 saturated heterocycles. The minimum atomic E-state index is -1.19. The van der Waals surface area contributed by atoms with Gasteiger partial charge in [-0.3, -0.25) is 4.57 Å². The molecule has 0 bridgehead atoms. The van der Waals surface area contributed by atoms with Crippen LogP contribution in [0.3, 0.4) is 0 Å². The summed E-state index contributed by atoms with van der Waals surface area (Å²) in [4.78, 5) is 12.8. The fourth-order valence-corrected chi connectivity index (χ4v) is 3.74. The molecule has 9 nitrogen and oxygen atoms in total. The van der Waals surface area contributed by atoms with Crippen molar-refractivity contribution in [2.45, 2.75) is 31.0 Å². The third-order valence-corrected chi connectivity index (χ3v) is 5.17. The first-order valence-corrected chi connectivity index (χ1v) is 9.18. The maximum Gasteiger partial charge on any atom is 0.167 e. The van der Waals surface area contributed by atoms with Crippen molar-refractivity contribution in [3.63, 3.8) is 0 Å². The molecule has 0 aromatic carbocycles. The second-order valence-corrected chi connectivity index (χ2v) is 6.86. The highest BCUT2D eigenvalue weighted by atomic mass is 32.1. The number of aliphatic hydroxyl groups excluding tert-OH is 3. The zero-order valence-electron chi connectivity index (χ0n) is 13.8. The lowest BCUT2D eigenvalue weighted by Crippen LogP contribution is -2.33. The largest absolute Gasteiger partial charge is 0.394 e. The predicted molar refractivity (Wildman–Crippen MR) is 94.8 cm³/mol. The number of aliphatic hydroxyl groups is 3. The third kappa shape index (κ3) is 3.06. The fourth-order valence-electron chi connectivity index (χ4n) is 3.04. The van der Waals surface area contributed by atoms with Crippen LogP contribution in [0.25, 0.3) is 11.2 Å². The van der Waals surface area contributed by atoms with E-state index in [1.165, 1.54) is 18.2 Å². The number of anilines is 1. The van der Waals surface area contributed by atoms with Crippen LogP contribution in [0.5, 0.6) is 0 Å². The van der Waals surface area contributed by atoms with E-state index in [1.54, 1.807) is 15.9 Å². The number of thiophene rings is 1. The first-order valence-electron chi connectivity index (χ1n) is 8.24. The van der Waals surface area contributed by atoms with Gasteiger partial charge in [0.05, 0.1) is 12.9 Å². The summed E-state index contributed by atoms with van der Waals surface area (Å²) >= 11 is 1.66. The van der Waals surface area contributed by atoms with Crippen LogP contribution in [0.2, 0.25) is 0 Å². The third-order valence-electron chi connectivity index (χ3n) is 4.44. The van der Waals surface area contributed by atoms with Crippen molar-refractivity contribution in [3.8, 4) is 0 Å². The number of hydrogen-bond acceptors (Lipinski definition) is 9. The highest BCUT2D eigenvalue weighted by Crippen LogP contribution is 2.32. The first-order chi connectivity index (χ1) is 12.7. The molecule has 4 rings (SSSR count). The summed E-state index contributed by atoms with van der Waals surface area (Å²) in [5.41, 5.74) is 2.29. The number of nitrogens with zero attached hydrogens (tertiary/aromatic N) is 4. The van der Waals surface area contributed by atoms with Crippen LogP contribution in [0.15, 0.2) is 29.5 Å². The molecule has 4 N–H and O–H groups in total. The van der Waals surface area contributed by atoms with Gasteiger partial charge in [-0.2, -0.15) is 11.3 Å². The molecule has 3 aromatic heterocycles. The van der Waals surface area contributed by atoms with Gasteiger partial charge in [0, 0.05) is 6.54 Å². The lowest BCUT2D eigenvalue weighted by atomic mass is 10.1. The standard InChI is InChI=1S/C16H19N5O4S/c22-5-10-12(23)13(24)16(25-10)21-8-20-11-14(18-7-19-15(11)21)17-3-1-9-2-4-26-6-9/h2,4,6-8,10,12-13,16,22-24H,1,3,5H2,(H,17,18,19)/t10-,12-,13-,16?/m1/s1. The quantitative estimate of drug-likeness (QED) is 0.478. The van der Waals surface area contributed by atoms with E-state index in [0.29, 0.717) is 23.5 Å². The number of fused-ring (bicyclic) bond motifs is 1. The molecule has 0 saturated carbocycles. The smallest absolute Gasteiger partial charge is 0.167 e. The minimum Gasteiger partial charge on any atom is -0.394 e. The molecule has 10 heteroatoms. The SMILES string of the molecule is OC[C@H]1OC(n2cnc3c(NCCc4ccsc4)ncnc32)[C@H](O)[C@@H]1O. The van der Waals surface area contributed by atoms with Gasteiger partial charge in [0.1, 0.15) is 24.6 Å². The lowest BCUT2D eigenvalue weighted by Gasteiger charge is -2.16. The average Bonchev–Trinajstić information content (AvgIpc) is 3.37. The van der Waals surface area contributed by atoms with E-state index in [0.717, 1.165) is 6.42 Å². The minimum absolute atomic E-state index is 0.383. The van der Waals surface area contributed by atoms with Crippen LogP contribution in [0.4, 0.5) is 5.82 Å². The lowest BCUT2D eigenvalue weighted by molar-refractivity contribution is -0.0511. The van der Waals surface area contributed by atoms with Gasteiger partial charge in [-0.1, -0.05) is 0 Å². The zero-order valence-corrected chi connectivity index (χ0v) is 14.6. The fraction of sp³-hybridized carbons (Fsp3) is 0.438. The molecule has 4 heterocycles. The van der Waals surface area contributed by atoms with Gasteiger partial charge in [0.25, 0.3) is 0 Å². The monoisotopic (exact) mass is 377 g/mol. The molecular formula is C16H19N5O4S. The summed E-state index contributed by atoms with van der Waals surface area (Å²) in [7, 11) is 0. The molecule has 0 spiro atoms. The molecule has 0 aliphatic carbocycles. The van der Waals surface area contributed by atoms with Crippen LogP contribution in [0.1, 0.15) is 11.8 Å². The van der Waals surface area contributed by atoms with Gasteiger partial charge in [-0.15, -0.1) is 0 Å². The molecule has 0 amide bonds. The topological polar surface area (TPSA) is 126 Å². The van der Waals surface area contributed by atoms with Crippen LogP contribution >= 0.6 is 11.3 Å². The summed E-state index contributed by atoms with van der Waals surface area (Å²) < 4.78 is 7.10. The summed E-state index contributed by atoms with van der Waals surface area (Å²) in [5, 5.41) is 36.8. The molecular weight excluding hydrogens is 358 g/mol. The van der Waals surface area contributed by atoms with Crippen LogP contribution in [-0.2, 0) is 11.2 Å². The Morgan fingerprint density at radius 1 is 1.23 bits per heavy atom. The number of ether oxygens (including phenoxy) is 1. The maximum atomic E-state index is 10.2. The summed E-state index contributed by atoms with van der Waals surface area (Å²) in [6, 6.07) is 2.08. The van der Waals surface area contributed by atoms with Crippen molar-refractivity contribution in [1.29, 1.82) is 0 Å². The van der Waals surface area contributed by atoms with Crippen molar-refractivity contribution in [3.05, 3.63) is 35.0 Å². The predicted octanol–water partition coefficient (Wildman–Crippen LogP) is 0.154. The van der Waals surface area contributed by atoms with Gasteiger partial charge >= 0.3 is 0 Å². The number of hydrogen-bond donors (Lipinski definition) is 4. The first kappa shape index (κ1) is 17.3. The van der Waals surface area contributed by atoms with Crippen LogP contribution in [-0.4, -0.2) is 66.3 Å². The number of aromatic nitrogens is 4. The number of rotatable bonds is 6. The Morgan fingerprint density at radius 2 is 2.12 bits per heavy atom. The molecule has 1 unspecified atom stereocenters. The number of nitrogens with one attached hydrogen (secondary N) is 1. The molecule has 1 fully saturated rings. The van der Waals surface area contributed by atoms with E-state index < -0.39 is 24.5 Å². The van der Waals surface area contributed by atoms with Crippen molar-refractivity contribution in [2.24, 2.45) is 0 Å². The Labute approximate surface area is 152 Å². The molecule has 26 heavy (non-hydrogen) atoms. The molecule has 4 atom stereocenters. The Bertz CT molecular complexity index is 871.